The lowest BCUT2D eigenvalue weighted by atomic mass is 10.1. The molecule has 0 heterocycles. The summed E-state index contributed by atoms with van der Waals surface area (Å²) in [6.45, 7) is 9.47. The van der Waals surface area contributed by atoms with Crippen LogP contribution in [-0.2, 0) is 6.54 Å². The molecule has 2 rings (SSSR count). The van der Waals surface area contributed by atoms with Crippen molar-refractivity contribution >= 4 is 5.69 Å². The number of hydrogen-bond acceptors (Lipinski definition) is 3. The number of nitrogens with zero attached hydrogens (tertiary/aromatic N) is 2. The predicted octanol–water partition coefficient (Wildman–Crippen LogP) is 3.68. The Morgan fingerprint density at radius 1 is 1.38 bits per heavy atom. The molecule has 0 bridgehead atoms. The van der Waals surface area contributed by atoms with Crippen molar-refractivity contribution in [1.82, 2.24) is 5.32 Å². The first-order valence-corrected chi connectivity index (χ1v) is 8.19. The normalized spacial score (nSPS) is 15.5. The quantitative estimate of drug-likeness (QED) is 0.792. The topological polar surface area (TPSA) is 39.1 Å². The summed E-state index contributed by atoms with van der Waals surface area (Å²) in [5, 5.41) is 13.0. The molecule has 1 N–H and O–H groups in total. The standard InChI is InChI=1S/C18H27N3/c1-4-14(3)13-21(5-2)18-9-6-15(10-16(18)11-19)12-20-17-7-8-17/h6,9-10,14,17,20H,4-5,7-8,12-13H2,1-3H3. The molecule has 3 nitrogen and oxygen atoms in total. The van der Waals surface area contributed by atoms with E-state index >= 15 is 0 Å². The highest BCUT2D eigenvalue weighted by Crippen LogP contribution is 2.24. The van der Waals surface area contributed by atoms with Gasteiger partial charge in [-0.15, -0.1) is 0 Å². The van der Waals surface area contributed by atoms with Crippen LogP contribution in [0.5, 0.6) is 0 Å². The van der Waals surface area contributed by atoms with E-state index < -0.39 is 0 Å². The van der Waals surface area contributed by atoms with Crippen LogP contribution < -0.4 is 10.2 Å². The molecule has 1 unspecified atom stereocenters. The highest BCUT2D eigenvalue weighted by molar-refractivity contribution is 5.60. The van der Waals surface area contributed by atoms with E-state index in [0.717, 1.165) is 30.9 Å². The molecule has 0 aromatic heterocycles. The Kier molecular flexibility index (Phi) is 5.64. The van der Waals surface area contributed by atoms with Crippen molar-refractivity contribution in [3.8, 4) is 6.07 Å². The summed E-state index contributed by atoms with van der Waals surface area (Å²) in [6.07, 6.45) is 3.76. The minimum Gasteiger partial charge on any atom is -0.370 e. The van der Waals surface area contributed by atoms with Crippen molar-refractivity contribution < 1.29 is 0 Å². The summed E-state index contributed by atoms with van der Waals surface area (Å²) in [6, 6.07) is 9.40. The van der Waals surface area contributed by atoms with E-state index in [0.29, 0.717) is 12.0 Å². The first kappa shape index (κ1) is 15.9. The molecule has 114 valence electrons. The van der Waals surface area contributed by atoms with Gasteiger partial charge in [0.1, 0.15) is 6.07 Å². The van der Waals surface area contributed by atoms with Gasteiger partial charge >= 0.3 is 0 Å². The highest BCUT2D eigenvalue weighted by Gasteiger charge is 2.20. The molecule has 0 amide bonds. The fourth-order valence-electron chi connectivity index (χ4n) is 2.51. The maximum atomic E-state index is 9.47. The second-order valence-corrected chi connectivity index (χ2v) is 6.17. The summed E-state index contributed by atoms with van der Waals surface area (Å²) in [7, 11) is 0. The van der Waals surface area contributed by atoms with Gasteiger partial charge in [-0.25, -0.2) is 0 Å². The Hall–Kier alpha value is -1.53. The third kappa shape index (κ3) is 4.47. The SMILES string of the molecule is CCC(C)CN(CC)c1ccc(CNC2CC2)cc1C#N. The van der Waals surface area contributed by atoms with Gasteiger partial charge in [-0.3, -0.25) is 0 Å². The molecule has 21 heavy (non-hydrogen) atoms. The Balaban J connectivity index is 2.11. The van der Waals surface area contributed by atoms with Crippen molar-refractivity contribution in [3.63, 3.8) is 0 Å². The van der Waals surface area contributed by atoms with Gasteiger partial charge in [0, 0.05) is 25.7 Å². The molecule has 1 saturated carbocycles. The van der Waals surface area contributed by atoms with Gasteiger partial charge in [-0.1, -0.05) is 26.3 Å². The minimum atomic E-state index is 0.646. The Bertz CT molecular complexity index is 500. The third-order valence-electron chi connectivity index (χ3n) is 4.31. The number of nitriles is 1. The lowest BCUT2D eigenvalue weighted by Gasteiger charge is -2.27. The zero-order valence-corrected chi connectivity index (χ0v) is 13.5. The number of anilines is 1. The van der Waals surface area contributed by atoms with Crippen molar-refractivity contribution in [2.75, 3.05) is 18.0 Å². The molecule has 1 fully saturated rings. The molecule has 0 saturated heterocycles. The van der Waals surface area contributed by atoms with E-state index in [9.17, 15) is 5.26 Å². The van der Waals surface area contributed by atoms with Crippen LogP contribution in [-0.4, -0.2) is 19.1 Å². The first-order valence-electron chi connectivity index (χ1n) is 8.19. The molecular weight excluding hydrogens is 258 g/mol. The van der Waals surface area contributed by atoms with Crippen molar-refractivity contribution in [2.45, 2.75) is 52.6 Å². The molecular formula is C18H27N3. The molecule has 1 aromatic rings. The van der Waals surface area contributed by atoms with Gasteiger partial charge in [-0.05, 0) is 43.4 Å². The van der Waals surface area contributed by atoms with Crippen LogP contribution in [0.2, 0.25) is 0 Å². The summed E-state index contributed by atoms with van der Waals surface area (Å²) in [4.78, 5) is 2.32. The van der Waals surface area contributed by atoms with E-state index in [4.69, 9.17) is 0 Å². The second-order valence-electron chi connectivity index (χ2n) is 6.17. The van der Waals surface area contributed by atoms with Gasteiger partial charge in [0.05, 0.1) is 11.3 Å². The van der Waals surface area contributed by atoms with Gasteiger partial charge in [0.2, 0.25) is 0 Å². The van der Waals surface area contributed by atoms with Crippen molar-refractivity contribution in [1.29, 1.82) is 5.26 Å². The fourth-order valence-corrected chi connectivity index (χ4v) is 2.51. The average molecular weight is 285 g/mol. The summed E-state index contributed by atoms with van der Waals surface area (Å²) in [5.74, 6) is 0.646. The van der Waals surface area contributed by atoms with E-state index in [1.807, 2.05) is 6.07 Å². The lowest BCUT2D eigenvalue weighted by molar-refractivity contribution is 0.548. The second kappa shape index (κ2) is 7.47. The first-order chi connectivity index (χ1) is 10.2. The zero-order chi connectivity index (χ0) is 15.2. The number of rotatable bonds is 8. The minimum absolute atomic E-state index is 0.646. The summed E-state index contributed by atoms with van der Waals surface area (Å²) < 4.78 is 0. The van der Waals surface area contributed by atoms with Crippen molar-refractivity contribution in [2.24, 2.45) is 5.92 Å². The maximum Gasteiger partial charge on any atom is 0.101 e. The average Bonchev–Trinajstić information content (AvgIpc) is 3.34. The molecule has 1 aliphatic rings. The van der Waals surface area contributed by atoms with Crippen LogP contribution in [0.3, 0.4) is 0 Å². The van der Waals surface area contributed by atoms with Gasteiger partial charge in [0.15, 0.2) is 0 Å². The predicted molar refractivity (Wildman–Crippen MR) is 88.4 cm³/mol. The molecule has 0 aliphatic heterocycles. The van der Waals surface area contributed by atoms with E-state index in [-0.39, 0.29) is 0 Å². The Morgan fingerprint density at radius 2 is 2.14 bits per heavy atom. The molecule has 3 heteroatoms. The Morgan fingerprint density at radius 3 is 2.71 bits per heavy atom. The molecule has 1 aromatic carbocycles. The van der Waals surface area contributed by atoms with Crippen LogP contribution >= 0.6 is 0 Å². The zero-order valence-electron chi connectivity index (χ0n) is 13.5. The van der Waals surface area contributed by atoms with Crippen molar-refractivity contribution in [3.05, 3.63) is 29.3 Å². The maximum absolute atomic E-state index is 9.47. The monoisotopic (exact) mass is 285 g/mol. The van der Waals surface area contributed by atoms with Crippen LogP contribution in [0, 0.1) is 17.2 Å². The van der Waals surface area contributed by atoms with Gasteiger partial charge in [-0.2, -0.15) is 5.26 Å². The number of nitrogens with one attached hydrogen (secondary N) is 1. The molecule has 1 atom stereocenters. The highest BCUT2D eigenvalue weighted by atomic mass is 15.1. The largest absolute Gasteiger partial charge is 0.370 e. The molecule has 1 aliphatic carbocycles. The molecule has 0 radical (unpaired) electrons. The van der Waals surface area contributed by atoms with Gasteiger partial charge in [0.25, 0.3) is 0 Å². The van der Waals surface area contributed by atoms with Crippen LogP contribution in [0.25, 0.3) is 0 Å². The van der Waals surface area contributed by atoms with Crippen LogP contribution in [0.1, 0.15) is 51.2 Å². The number of benzene rings is 1. The van der Waals surface area contributed by atoms with E-state index in [1.54, 1.807) is 0 Å². The Labute approximate surface area is 129 Å². The summed E-state index contributed by atoms with van der Waals surface area (Å²) >= 11 is 0. The smallest absolute Gasteiger partial charge is 0.101 e. The summed E-state index contributed by atoms with van der Waals surface area (Å²) in [5.41, 5.74) is 3.09. The van der Waals surface area contributed by atoms with E-state index in [2.05, 4.69) is 49.2 Å². The third-order valence-corrected chi connectivity index (χ3v) is 4.31. The van der Waals surface area contributed by atoms with E-state index in [1.165, 1.54) is 24.8 Å². The number of hydrogen-bond donors (Lipinski definition) is 1. The lowest BCUT2D eigenvalue weighted by Crippen LogP contribution is -2.28. The fraction of sp³-hybridized carbons (Fsp3) is 0.611. The van der Waals surface area contributed by atoms with Crippen LogP contribution in [0.15, 0.2) is 18.2 Å². The van der Waals surface area contributed by atoms with Crippen LogP contribution in [0.4, 0.5) is 5.69 Å². The molecule has 0 spiro atoms. The van der Waals surface area contributed by atoms with Gasteiger partial charge < -0.3 is 10.2 Å².